The predicted molar refractivity (Wildman–Crippen MR) is 164 cm³/mol. The molecule has 0 aromatic heterocycles. The standard InChI is InChI=1S/C34H28ClFN2O6/c1-3-42-30-18-24(17-29(35)31(30)44-20-23-8-10-25(36)11-9-23)16-28-32(39)37-34(41)38(33(28)40)26-12-14-27(15-13-26)43-19-22-6-4-21(2)5-7-22/h4-18H,3,19-20H2,1-2H3,(H,37,39,41)/b28-16+. The average Bonchev–Trinajstić information content (AvgIpc) is 3.00. The summed E-state index contributed by atoms with van der Waals surface area (Å²) in [6.45, 7) is 4.53. The smallest absolute Gasteiger partial charge is 0.335 e. The van der Waals surface area contributed by atoms with Gasteiger partial charge in [-0.3, -0.25) is 14.9 Å². The van der Waals surface area contributed by atoms with Crippen LogP contribution in [0.4, 0.5) is 14.9 Å². The van der Waals surface area contributed by atoms with Gasteiger partial charge in [-0.1, -0.05) is 53.6 Å². The number of nitrogens with one attached hydrogen (secondary N) is 1. The van der Waals surface area contributed by atoms with E-state index in [0.717, 1.165) is 21.6 Å². The molecule has 1 aliphatic rings. The van der Waals surface area contributed by atoms with E-state index in [2.05, 4.69) is 5.32 Å². The number of urea groups is 1. The second-order valence-corrected chi connectivity index (χ2v) is 10.3. The Morgan fingerprint density at radius 2 is 1.48 bits per heavy atom. The van der Waals surface area contributed by atoms with Crippen LogP contribution in [0.2, 0.25) is 5.02 Å². The maximum Gasteiger partial charge on any atom is 0.335 e. The van der Waals surface area contributed by atoms with E-state index in [1.807, 2.05) is 31.2 Å². The first-order chi connectivity index (χ1) is 21.2. The van der Waals surface area contributed by atoms with Crippen LogP contribution in [0.15, 0.2) is 90.5 Å². The van der Waals surface area contributed by atoms with Gasteiger partial charge in [0.15, 0.2) is 11.5 Å². The van der Waals surface area contributed by atoms with Crippen molar-refractivity contribution in [2.24, 2.45) is 0 Å². The Morgan fingerprint density at radius 3 is 2.14 bits per heavy atom. The summed E-state index contributed by atoms with van der Waals surface area (Å²) in [4.78, 5) is 39.8. The van der Waals surface area contributed by atoms with E-state index < -0.39 is 17.8 Å². The van der Waals surface area contributed by atoms with Crippen LogP contribution in [0.25, 0.3) is 6.08 Å². The molecule has 1 aliphatic heterocycles. The Kier molecular flexibility index (Phi) is 9.26. The Balaban J connectivity index is 1.35. The molecule has 224 valence electrons. The molecule has 0 bridgehead atoms. The quantitative estimate of drug-likeness (QED) is 0.153. The maximum atomic E-state index is 13.4. The van der Waals surface area contributed by atoms with Gasteiger partial charge in [-0.2, -0.15) is 0 Å². The lowest BCUT2D eigenvalue weighted by molar-refractivity contribution is -0.122. The molecule has 1 fully saturated rings. The number of nitrogens with zero attached hydrogens (tertiary/aromatic N) is 1. The minimum absolute atomic E-state index is 0.105. The fraction of sp³-hybridized carbons (Fsp3) is 0.147. The van der Waals surface area contributed by atoms with Crippen molar-refractivity contribution in [1.82, 2.24) is 5.32 Å². The fourth-order valence-electron chi connectivity index (χ4n) is 4.41. The second-order valence-electron chi connectivity index (χ2n) is 9.90. The number of carbonyl (C=O) groups excluding carboxylic acids is 3. The van der Waals surface area contributed by atoms with Crippen molar-refractivity contribution in [3.05, 3.63) is 124 Å². The average molecular weight is 615 g/mol. The van der Waals surface area contributed by atoms with E-state index in [1.54, 1.807) is 49.4 Å². The molecule has 8 nitrogen and oxygen atoms in total. The van der Waals surface area contributed by atoms with Gasteiger partial charge in [0.25, 0.3) is 11.8 Å². The van der Waals surface area contributed by atoms with Crippen molar-refractivity contribution in [2.45, 2.75) is 27.1 Å². The summed E-state index contributed by atoms with van der Waals surface area (Å²) in [7, 11) is 0. The molecule has 0 saturated carbocycles. The molecule has 1 heterocycles. The van der Waals surface area contributed by atoms with E-state index in [4.69, 9.17) is 25.8 Å². The summed E-state index contributed by atoms with van der Waals surface area (Å²) in [5, 5.41) is 2.38. The zero-order chi connectivity index (χ0) is 31.2. The monoisotopic (exact) mass is 614 g/mol. The lowest BCUT2D eigenvalue weighted by Crippen LogP contribution is -2.54. The predicted octanol–water partition coefficient (Wildman–Crippen LogP) is 7.01. The SMILES string of the molecule is CCOc1cc(/C=C2\C(=O)NC(=O)N(c3ccc(OCc4ccc(C)cc4)cc3)C2=O)cc(Cl)c1OCc1ccc(F)cc1. The number of imide groups is 2. The number of hydrogen-bond donors (Lipinski definition) is 1. The molecule has 0 unspecified atom stereocenters. The van der Waals surface area contributed by atoms with Crippen LogP contribution in [0.1, 0.15) is 29.2 Å². The zero-order valence-corrected chi connectivity index (χ0v) is 24.7. The van der Waals surface area contributed by atoms with Gasteiger partial charge in [0.05, 0.1) is 17.3 Å². The lowest BCUT2D eigenvalue weighted by atomic mass is 10.1. The number of hydrogen-bond acceptors (Lipinski definition) is 6. The number of aryl methyl sites for hydroxylation is 1. The molecular weight excluding hydrogens is 587 g/mol. The molecule has 4 amide bonds. The van der Waals surface area contributed by atoms with Gasteiger partial charge in [0.1, 0.15) is 30.4 Å². The van der Waals surface area contributed by atoms with Crippen LogP contribution < -0.4 is 24.4 Å². The third-order valence-corrected chi connectivity index (χ3v) is 6.94. The molecular formula is C34H28ClFN2O6. The van der Waals surface area contributed by atoms with E-state index >= 15 is 0 Å². The minimum Gasteiger partial charge on any atom is -0.490 e. The number of anilines is 1. The number of amides is 4. The highest BCUT2D eigenvalue weighted by molar-refractivity contribution is 6.39. The molecule has 10 heteroatoms. The highest BCUT2D eigenvalue weighted by atomic mass is 35.5. The molecule has 0 aliphatic carbocycles. The molecule has 1 saturated heterocycles. The lowest BCUT2D eigenvalue weighted by Gasteiger charge is -2.26. The van der Waals surface area contributed by atoms with Crippen LogP contribution in [-0.2, 0) is 22.8 Å². The first-order valence-electron chi connectivity index (χ1n) is 13.7. The largest absolute Gasteiger partial charge is 0.490 e. The summed E-state index contributed by atoms with van der Waals surface area (Å²) in [6.07, 6.45) is 1.33. The van der Waals surface area contributed by atoms with E-state index in [9.17, 15) is 18.8 Å². The van der Waals surface area contributed by atoms with Crippen molar-refractivity contribution in [2.75, 3.05) is 11.5 Å². The van der Waals surface area contributed by atoms with Crippen LogP contribution in [-0.4, -0.2) is 24.5 Å². The molecule has 4 aromatic carbocycles. The Hall–Kier alpha value is -5.15. The third kappa shape index (κ3) is 7.07. The van der Waals surface area contributed by atoms with Crippen molar-refractivity contribution in [1.29, 1.82) is 0 Å². The summed E-state index contributed by atoms with van der Waals surface area (Å²) < 4.78 is 30.7. The summed E-state index contributed by atoms with van der Waals surface area (Å²) >= 11 is 6.53. The van der Waals surface area contributed by atoms with E-state index in [0.29, 0.717) is 17.9 Å². The van der Waals surface area contributed by atoms with Gasteiger partial charge in [-0.25, -0.2) is 14.1 Å². The van der Waals surface area contributed by atoms with Crippen molar-refractivity contribution in [3.63, 3.8) is 0 Å². The first-order valence-corrected chi connectivity index (χ1v) is 14.1. The highest BCUT2D eigenvalue weighted by Crippen LogP contribution is 2.38. The fourth-order valence-corrected chi connectivity index (χ4v) is 4.69. The minimum atomic E-state index is -0.872. The van der Waals surface area contributed by atoms with E-state index in [-0.39, 0.29) is 46.8 Å². The topological polar surface area (TPSA) is 94.2 Å². The maximum absolute atomic E-state index is 13.4. The Labute approximate surface area is 258 Å². The van der Waals surface area contributed by atoms with Gasteiger partial charge in [0, 0.05) is 0 Å². The molecule has 0 atom stereocenters. The van der Waals surface area contributed by atoms with Gasteiger partial charge in [0.2, 0.25) is 0 Å². The zero-order valence-electron chi connectivity index (χ0n) is 23.9. The molecule has 0 spiro atoms. The van der Waals surface area contributed by atoms with Crippen LogP contribution >= 0.6 is 11.6 Å². The van der Waals surface area contributed by atoms with E-state index in [1.165, 1.54) is 24.3 Å². The summed E-state index contributed by atoms with van der Waals surface area (Å²) in [5.41, 5.74) is 3.22. The van der Waals surface area contributed by atoms with Gasteiger partial charge < -0.3 is 14.2 Å². The first kappa shape index (κ1) is 30.3. The number of ether oxygens (including phenoxy) is 3. The molecule has 0 radical (unpaired) electrons. The number of carbonyl (C=O) groups is 3. The molecule has 1 N–H and O–H groups in total. The van der Waals surface area contributed by atoms with Crippen LogP contribution in [0, 0.1) is 12.7 Å². The number of rotatable bonds is 10. The summed E-state index contributed by atoms with van der Waals surface area (Å²) in [5.74, 6) is -0.933. The van der Waals surface area contributed by atoms with Crippen molar-refractivity contribution < 1.29 is 33.0 Å². The van der Waals surface area contributed by atoms with Crippen LogP contribution in [0.3, 0.4) is 0 Å². The summed E-state index contributed by atoms with van der Waals surface area (Å²) in [6, 6.07) is 22.4. The number of benzene rings is 4. The Morgan fingerprint density at radius 1 is 0.841 bits per heavy atom. The third-order valence-electron chi connectivity index (χ3n) is 6.66. The van der Waals surface area contributed by atoms with Crippen molar-refractivity contribution >= 4 is 41.2 Å². The highest BCUT2D eigenvalue weighted by Gasteiger charge is 2.37. The molecule has 44 heavy (non-hydrogen) atoms. The van der Waals surface area contributed by atoms with Gasteiger partial charge in [-0.15, -0.1) is 0 Å². The number of barbiturate groups is 1. The molecule has 4 aromatic rings. The van der Waals surface area contributed by atoms with Gasteiger partial charge in [-0.05, 0) is 85.1 Å². The second kappa shape index (κ2) is 13.4. The molecule has 5 rings (SSSR count). The van der Waals surface area contributed by atoms with Crippen LogP contribution in [0.5, 0.6) is 17.2 Å². The van der Waals surface area contributed by atoms with Gasteiger partial charge >= 0.3 is 6.03 Å². The Bertz CT molecular complexity index is 1720. The normalized spacial score (nSPS) is 14.0. The van der Waals surface area contributed by atoms with Crippen molar-refractivity contribution in [3.8, 4) is 17.2 Å². The number of halogens is 2.